The minimum absolute atomic E-state index is 0.0299. The number of amides is 1. The van der Waals surface area contributed by atoms with Crippen LogP contribution in [-0.2, 0) is 4.79 Å². The first-order valence-corrected chi connectivity index (χ1v) is 10.5. The van der Waals surface area contributed by atoms with Gasteiger partial charge in [0.15, 0.2) is 11.6 Å². The second kappa shape index (κ2) is 7.97. The summed E-state index contributed by atoms with van der Waals surface area (Å²) in [4.78, 5) is 18.8. The molecule has 0 radical (unpaired) electrons. The van der Waals surface area contributed by atoms with Crippen molar-refractivity contribution in [2.45, 2.75) is 31.8 Å². The van der Waals surface area contributed by atoms with E-state index in [0.717, 1.165) is 35.5 Å². The van der Waals surface area contributed by atoms with E-state index in [1.54, 1.807) is 11.3 Å². The van der Waals surface area contributed by atoms with Crippen LogP contribution in [0.15, 0.2) is 48.5 Å². The molecule has 1 saturated heterocycles. The summed E-state index contributed by atoms with van der Waals surface area (Å²) in [6.07, 6.45) is 2.23. The number of para-hydroxylation sites is 1. The summed E-state index contributed by atoms with van der Waals surface area (Å²) in [5, 5.41) is 4.98. The van der Waals surface area contributed by atoms with Crippen molar-refractivity contribution in [2.75, 3.05) is 13.1 Å². The number of carbonyl (C=O) groups excluding carboxylic acids is 1. The first-order valence-electron chi connectivity index (χ1n) is 9.35. The molecule has 2 heterocycles. The van der Waals surface area contributed by atoms with Gasteiger partial charge in [0.25, 0.3) is 5.91 Å². The molecular weight excluding hydrogens is 378 g/mol. The molecule has 6 heteroatoms. The maximum Gasteiger partial charge on any atom is 0.275 e. The summed E-state index contributed by atoms with van der Waals surface area (Å²) in [6.45, 7) is 3.51. The summed E-state index contributed by atoms with van der Waals surface area (Å²) in [5.41, 5.74) is 2.12. The lowest BCUT2D eigenvalue weighted by Gasteiger charge is -2.21. The van der Waals surface area contributed by atoms with Gasteiger partial charge in [-0.2, -0.15) is 0 Å². The Morgan fingerprint density at radius 3 is 2.85 bits per heavy atom. The lowest BCUT2D eigenvalue weighted by atomic mass is 10.1. The predicted molar refractivity (Wildman–Crippen MR) is 110 cm³/mol. The average Bonchev–Trinajstić information content (AvgIpc) is 3.28. The number of likely N-dealkylation sites (tertiary alicyclic amines) is 1. The quantitative estimate of drug-likeness (QED) is 0.688. The largest absolute Gasteiger partial charge is 0.345 e. The number of hydrogen-bond acceptors (Lipinski definition) is 3. The summed E-state index contributed by atoms with van der Waals surface area (Å²) in [6, 6.07) is 16.2. The van der Waals surface area contributed by atoms with Crippen molar-refractivity contribution >= 4 is 39.1 Å². The topological polar surface area (TPSA) is 46.4 Å². The summed E-state index contributed by atoms with van der Waals surface area (Å²) >= 11 is 7.70. The minimum Gasteiger partial charge on any atom is -0.345 e. The number of aromatic nitrogens is 1. The predicted octanol–water partition coefficient (Wildman–Crippen LogP) is 3.55. The number of nitrogens with zero attached hydrogens (tertiary/aromatic N) is 1. The number of quaternary nitrogens is 1. The first kappa shape index (κ1) is 18.4. The number of thiazole rings is 1. The molecule has 140 valence electrons. The zero-order valence-corrected chi connectivity index (χ0v) is 16.8. The molecule has 2 N–H and O–H groups in total. The van der Waals surface area contributed by atoms with Gasteiger partial charge in [0, 0.05) is 17.9 Å². The van der Waals surface area contributed by atoms with E-state index in [-0.39, 0.29) is 11.9 Å². The molecule has 4 nitrogen and oxygen atoms in total. The van der Waals surface area contributed by atoms with E-state index in [1.165, 1.54) is 9.60 Å². The first-order chi connectivity index (χ1) is 13.1. The number of rotatable bonds is 5. The van der Waals surface area contributed by atoms with Crippen molar-refractivity contribution in [2.24, 2.45) is 0 Å². The van der Waals surface area contributed by atoms with Crippen molar-refractivity contribution in [3.05, 3.63) is 64.1 Å². The fourth-order valence-corrected chi connectivity index (χ4v) is 5.08. The van der Waals surface area contributed by atoms with Gasteiger partial charge in [-0.05, 0) is 36.8 Å². The monoisotopic (exact) mass is 400 g/mol. The maximum atomic E-state index is 12.6. The molecule has 0 bridgehead atoms. The van der Waals surface area contributed by atoms with Gasteiger partial charge in [-0.1, -0.05) is 35.9 Å². The molecule has 1 amide bonds. The minimum atomic E-state index is -0.0299. The molecule has 3 aromatic rings. The molecule has 4 rings (SSSR count). The van der Waals surface area contributed by atoms with Crippen LogP contribution in [0.3, 0.4) is 0 Å². The summed E-state index contributed by atoms with van der Waals surface area (Å²) in [5.74, 6) is 0.0838. The molecule has 1 aliphatic heterocycles. The van der Waals surface area contributed by atoms with Crippen LogP contribution in [0.2, 0.25) is 5.02 Å². The number of hydrogen-bond donors (Lipinski definition) is 2. The molecule has 0 spiro atoms. The van der Waals surface area contributed by atoms with E-state index in [0.29, 0.717) is 17.6 Å². The van der Waals surface area contributed by atoms with Gasteiger partial charge < -0.3 is 10.2 Å². The van der Waals surface area contributed by atoms with Gasteiger partial charge in [0.05, 0.1) is 22.8 Å². The molecule has 1 aromatic heterocycles. The molecule has 0 aliphatic carbocycles. The van der Waals surface area contributed by atoms with Gasteiger partial charge in [-0.3, -0.25) is 4.79 Å². The van der Waals surface area contributed by atoms with Crippen molar-refractivity contribution in [3.63, 3.8) is 0 Å². The Hall–Kier alpha value is -1.95. The standard InChI is InChI=1S/C21H22ClN3OS/c1-14(15-8-10-16(22)11-9-15)23-20(26)13-25-12-4-6-18(25)21-24-17-5-2-3-7-19(17)27-21/h2-3,5,7-11,14,18H,4,6,12-13H2,1H3,(H,23,26)/p+1/t14-,18-/m1/s1. The van der Waals surface area contributed by atoms with Gasteiger partial charge in [-0.25, -0.2) is 4.98 Å². The molecule has 3 atom stereocenters. The van der Waals surface area contributed by atoms with Gasteiger partial charge in [0.2, 0.25) is 0 Å². The van der Waals surface area contributed by atoms with Crippen LogP contribution in [0.5, 0.6) is 0 Å². The number of halogens is 1. The summed E-state index contributed by atoms with van der Waals surface area (Å²) < 4.78 is 1.22. The average molecular weight is 401 g/mol. The third-order valence-corrected chi connectivity index (χ3v) is 6.63. The normalized spacial score (nSPS) is 20.7. The number of carbonyl (C=O) groups is 1. The number of nitrogens with one attached hydrogen (secondary N) is 2. The van der Waals surface area contributed by atoms with E-state index in [9.17, 15) is 4.79 Å². The number of benzene rings is 2. The highest BCUT2D eigenvalue weighted by Crippen LogP contribution is 2.28. The maximum absolute atomic E-state index is 12.6. The van der Waals surface area contributed by atoms with Crippen LogP contribution in [0.4, 0.5) is 0 Å². The van der Waals surface area contributed by atoms with Crippen LogP contribution in [-0.4, -0.2) is 24.0 Å². The van der Waals surface area contributed by atoms with Crippen LogP contribution < -0.4 is 10.2 Å². The van der Waals surface area contributed by atoms with Crippen LogP contribution in [0, 0.1) is 0 Å². The molecular formula is C21H23ClN3OS+. The third-order valence-electron chi connectivity index (χ3n) is 5.23. The lowest BCUT2D eigenvalue weighted by molar-refractivity contribution is -0.910. The third kappa shape index (κ3) is 4.15. The van der Waals surface area contributed by atoms with Crippen LogP contribution >= 0.6 is 22.9 Å². The summed E-state index contributed by atoms with van der Waals surface area (Å²) in [7, 11) is 0. The second-order valence-corrected chi connectivity index (χ2v) is 8.64. The Bertz CT molecular complexity index is 907. The number of fused-ring (bicyclic) bond motifs is 1. The Morgan fingerprint density at radius 2 is 2.07 bits per heavy atom. The Kier molecular flexibility index (Phi) is 5.43. The van der Waals surface area contributed by atoms with Gasteiger partial charge in [0.1, 0.15) is 6.04 Å². The molecule has 1 aliphatic rings. The molecule has 2 aromatic carbocycles. The molecule has 27 heavy (non-hydrogen) atoms. The van der Waals surface area contributed by atoms with E-state index >= 15 is 0 Å². The highest BCUT2D eigenvalue weighted by Gasteiger charge is 2.34. The fourth-order valence-electron chi connectivity index (χ4n) is 3.79. The smallest absolute Gasteiger partial charge is 0.275 e. The Balaban J connectivity index is 1.41. The van der Waals surface area contributed by atoms with E-state index in [2.05, 4.69) is 23.5 Å². The van der Waals surface area contributed by atoms with E-state index in [1.807, 2.05) is 37.3 Å². The zero-order chi connectivity index (χ0) is 18.8. The highest BCUT2D eigenvalue weighted by molar-refractivity contribution is 7.18. The van der Waals surface area contributed by atoms with Crippen molar-refractivity contribution in [1.29, 1.82) is 0 Å². The zero-order valence-electron chi connectivity index (χ0n) is 15.2. The Morgan fingerprint density at radius 1 is 1.30 bits per heavy atom. The van der Waals surface area contributed by atoms with Crippen molar-refractivity contribution in [3.8, 4) is 0 Å². The fraction of sp³-hybridized carbons (Fsp3) is 0.333. The Labute approximate surface area is 168 Å². The SMILES string of the molecule is C[C@@H](NC(=O)C[NH+]1CCC[C@@H]1c1nc2ccccc2s1)c1ccc(Cl)cc1. The van der Waals surface area contributed by atoms with Crippen LogP contribution in [0.1, 0.15) is 42.4 Å². The molecule has 0 saturated carbocycles. The lowest BCUT2D eigenvalue weighted by Crippen LogP contribution is -3.11. The highest BCUT2D eigenvalue weighted by atomic mass is 35.5. The molecule has 1 fully saturated rings. The van der Waals surface area contributed by atoms with Crippen molar-refractivity contribution in [1.82, 2.24) is 10.3 Å². The van der Waals surface area contributed by atoms with Crippen LogP contribution in [0.25, 0.3) is 10.2 Å². The van der Waals surface area contributed by atoms with Gasteiger partial charge in [-0.15, -0.1) is 11.3 Å². The van der Waals surface area contributed by atoms with Crippen molar-refractivity contribution < 1.29 is 9.69 Å². The second-order valence-electron chi connectivity index (χ2n) is 7.14. The van der Waals surface area contributed by atoms with E-state index < -0.39 is 0 Å². The van der Waals surface area contributed by atoms with Gasteiger partial charge >= 0.3 is 0 Å². The van der Waals surface area contributed by atoms with E-state index in [4.69, 9.17) is 16.6 Å². The molecule has 1 unspecified atom stereocenters.